The monoisotopic (exact) mass is 181 g/mol. The number of H-pyrrole nitrogens is 1. The van der Waals surface area contributed by atoms with Crippen LogP contribution in [0.2, 0.25) is 0 Å². The van der Waals surface area contributed by atoms with Crippen molar-refractivity contribution < 1.29 is 4.79 Å². The molecule has 1 heterocycles. The highest BCUT2D eigenvalue weighted by molar-refractivity contribution is 5.95. The van der Waals surface area contributed by atoms with Gasteiger partial charge >= 0.3 is 0 Å². The van der Waals surface area contributed by atoms with Gasteiger partial charge in [-0.3, -0.25) is 4.79 Å². The highest BCUT2D eigenvalue weighted by Gasteiger charge is 2.08. The fourth-order valence-corrected chi connectivity index (χ4v) is 1.05. The smallest absolute Gasteiger partial charge is 0.253 e. The van der Waals surface area contributed by atoms with Gasteiger partial charge in [0.1, 0.15) is 0 Å². The van der Waals surface area contributed by atoms with Gasteiger partial charge in [-0.1, -0.05) is 0 Å². The number of aryl methyl sites for hydroxylation is 1. The maximum absolute atomic E-state index is 11.4. The predicted octanol–water partition coefficient (Wildman–Crippen LogP) is 0.400. The first kappa shape index (κ1) is 9.80. The number of carbonyl (C=O) groups excluding carboxylic acids is 1. The second-order valence-corrected chi connectivity index (χ2v) is 3.20. The molecule has 0 aromatic carbocycles. The van der Waals surface area contributed by atoms with E-state index in [2.05, 4.69) is 10.3 Å². The van der Waals surface area contributed by atoms with Crippen LogP contribution >= 0.6 is 0 Å². The summed E-state index contributed by atoms with van der Waals surface area (Å²) in [6.45, 7) is 4.22. The molecule has 4 N–H and O–H groups in total. The summed E-state index contributed by atoms with van der Waals surface area (Å²) in [5.74, 6) is -0.0731. The molecule has 0 spiro atoms. The number of nitrogens with one attached hydrogen (secondary N) is 2. The Morgan fingerprint density at radius 3 is 2.92 bits per heavy atom. The van der Waals surface area contributed by atoms with Crippen LogP contribution in [0.1, 0.15) is 23.0 Å². The minimum atomic E-state index is -0.0731. The van der Waals surface area contributed by atoms with E-state index >= 15 is 0 Å². The van der Waals surface area contributed by atoms with Crippen LogP contribution in [0, 0.1) is 6.92 Å². The summed E-state index contributed by atoms with van der Waals surface area (Å²) >= 11 is 0. The molecule has 72 valence electrons. The lowest BCUT2D eigenvalue weighted by Crippen LogP contribution is -2.35. The third-order valence-corrected chi connectivity index (χ3v) is 1.78. The highest BCUT2D eigenvalue weighted by atomic mass is 16.1. The van der Waals surface area contributed by atoms with Crippen molar-refractivity contribution in [1.29, 1.82) is 0 Å². The van der Waals surface area contributed by atoms with Crippen LogP contribution in [0.5, 0.6) is 0 Å². The molecule has 4 nitrogen and oxygen atoms in total. The number of aromatic nitrogens is 1. The van der Waals surface area contributed by atoms with Crippen molar-refractivity contribution in [3.63, 3.8) is 0 Å². The Balaban J connectivity index is 2.54. The SMILES string of the molecule is Cc1[nH]ccc1C(=O)NCC(C)N. The summed E-state index contributed by atoms with van der Waals surface area (Å²) in [5.41, 5.74) is 7.07. The lowest BCUT2D eigenvalue weighted by atomic mass is 10.2. The summed E-state index contributed by atoms with van der Waals surface area (Å²) in [7, 11) is 0. The topological polar surface area (TPSA) is 70.9 Å². The molecule has 1 atom stereocenters. The summed E-state index contributed by atoms with van der Waals surface area (Å²) in [6.07, 6.45) is 1.75. The van der Waals surface area contributed by atoms with E-state index in [4.69, 9.17) is 5.73 Å². The molecule has 0 bridgehead atoms. The number of amides is 1. The van der Waals surface area contributed by atoms with Gasteiger partial charge in [-0.05, 0) is 19.9 Å². The normalized spacial score (nSPS) is 12.5. The third-order valence-electron chi connectivity index (χ3n) is 1.78. The quantitative estimate of drug-likeness (QED) is 0.631. The fraction of sp³-hybridized carbons (Fsp3) is 0.444. The van der Waals surface area contributed by atoms with E-state index in [-0.39, 0.29) is 11.9 Å². The molecule has 0 aliphatic heterocycles. The molecular weight excluding hydrogens is 166 g/mol. The summed E-state index contributed by atoms with van der Waals surface area (Å²) in [6, 6.07) is 1.74. The van der Waals surface area contributed by atoms with Crippen LogP contribution in [0.3, 0.4) is 0 Å². The molecule has 0 aliphatic carbocycles. The Labute approximate surface area is 77.5 Å². The Kier molecular flexibility index (Phi) is 3.08. The van der Waals surface area contributed by atoms with E-state index in [0.717, 1.165) is 5.69 Å². The van der Waals surface area contributed by atoms with Crippen molar-refractivity contribution in [3.05, 3.63) is 23.5 Å². The Bertz CT molecular complexity index is 291. The number of carbonyl (C=O) groups is 1. The average Bonchev–Trinajstić information content (AvgIpc) is 2.47. The van der Waals surface area contributed by atoms with Gasteiger partial charge in [-0.25, -0.2) is 0 Å². The first-order valence-electron chi connectivity index (χ1n) is 4.29. The molecule has 0 radical (unpaired) electrons. The molecule has 1 rings (SSSR count). The van der Waals surface area contributed by atoms with Gasteiger partial charge in [-0.2, -0.15) is 0 Å². The maximum atomic E-state index is 11.4. The van der Waals surface area contributed by atoms with Crippen molar-refractivity contribution in [2.45, 2.75) is 19.9 Å². The summed E-state index contributed by atoms with van der Waals surface area (Å²) in [4.78, 5) is 14.4. The minimum Gasteiger partial charge on any atom is -0.365 e. The summed E-state index contributed by atoms with van der Waals surface area (Å²) < 4.78 is 0. The van der Waals surface area contributed by atoms with Gasteiger partial charge in [-0.15, -0.1) is 0 Å². The van der Waals surface area contributed by atoms with E-state index in [1.807, 2.05) is 13.8 Å². The Morgan fingerprint density at radius 2 is 2.46 bits per heavy atom. The van der Waals surface area contributed by atoms with Gasteiger partial charge in [0.25, 0.3) is 5.91 Å². The van der Waals surface area contributed by atoms with Crippen LogP contribution in [-0.4, -0.2) is 23.5 Å². The molecule has 1 amide bonds. The molecule has 0 aliphatic rings. The number of rotatable bonds is 3. The number of hydrogen-bond donors (Lipinski definition) is 3. The van der Waals surface area contributed by atoms with Crippen molar-refractivity contribution in [3.8, 4) is 0 Å². The lowest BCUT2D eigenvalue weighted by molar-refractivity contribution is 0.0951. The Hall–Kier alpha value is -1.29. The van der Waals surface area contributed by atoms with Gasteiger partial charge in [0.2, 0.25) is 0 Å². The van der Waals surface area contributed by atoms with Crippen LogP contribution in [0.15, 0.2) is 12.3 Å². The van der Waals surface area contributed by atoms with E-state index in [9.17, 15) is 4.79 Å². The molecule has 1 aromatic heterocycles. The van der Waals surface area contributed by atoms with Crippen LogP contribution in [-0.2, 0) is 0 Å². The van der Waals surface area contributed by atoms with Crippen LogP contribution in [0.4, 0.5) is 0 Å². The molecule has 0 fully saturated rings. The highest BCUT2D eigenvalue weighted by Crippen LogP contribution is 2.03. The van der Waals surface area contributed by atoms with Gasteiger partial charge in [0, 0.05) is 24.5 Å². The molecule has 1 unspecified atom stereocenters. The minimum absolute atomic E-state index is 0.0109. The van der Waals surface area contributed by atoms with Crippen molar-refractivity contribution in [2.75, 3.05) is 6.54 Å². The van der Waals surface area contributed by atoms with E-state index in [1.165, 1.54) is 0 Å². The molecule has 1 aromatic rings. The van der Waals surface area contributed by atoms with E-state index in [1.54, 1.807) is 12.3 Å². The largest absolute Gasteiger partial charge is 0.365 e. The van der Waals surface area contributed by atoms with Crippen molar-refractivity contribution in [2.24, 2.45) is 5.73 Å². The first-order chi connectivity index (χ1) is 6.11. The van der Waals surface area contributed by atoms with E-state index in [0.29, 0.717) is 12.1 Å². The predicted molar refractivity (Wildman–Crippen MR) is 51.5 cm³/mol. The van der Waals surface area contributed by atoms with Crippen LogP contribution in [0.25, 0.3) is 0 Å². The fourth-order valence-electron chi connectivity index (χ4n) is 1.05. The third kappa shape index (κ3) is 2.59. The van der Waals surface area contributed by atoms with Gasteiger partial charge in [0.05, 0.1) is 5.56 Å². The maximum Gasteiger partial charge on any atom is 0.253 e. The van der Waals surface area contributed by atoms with Crippen molar-refractivity contribution in [1.82, 2.24) is 10.3 Å². The molecule has 0 saturated heterocycles. The molecule has 4 heteroatoms. The molecule has 0 saturated carbocycles. The first-order valence-corrected chi connectivity index (χ1v) is 4.29. The Morgan fingerprint density at radius 1 is 1.77 bits per heavy atom. The number of hydrogen-bond acceptors (Lipinski definition) is 2. The van der Waals surface area contributed by atoms with Gasteiger partial charge < -0.3 is 16.0 Å². The zero-order chi connectivity index (χ0) is 9.84. The summed E-state index contributed by atoms with van der Waals surface area (Å²) in [5, 5.41) is 2.74. The van der Waals surface area contributed by atoms with Crippen LogP contribution < -0.4 is 11.1 Å². The standard InChI is InChI=1S/C9H15N3O/c1-6(10)5-12-9(13)8-3-4-11-7(8)2/h3-4,6,11H,5,10H2,1-2H3,(H,12,13). The average molecular weight is 181 g/mol. The number of nitrogens with two attached hydrogens (primary N) is 1. The zero-order valence-corrected chi connectivity index (χ0v) is 7.92. The van der Waals surface area contributed by atoms with Crippen molar-refractivity contribution >= 4 is 5.91 Å². The molecular formula is C9H15N3O. The van der Waals surface area contributed by atoms with Gasteiger partial charge in [0.15, 0.2) is 0 Å². The molecule has 13 heavy (non-hydrogen) atoms. The second-order valence-electron chi connectivity index (χ2n) is 3.20. The lowest BCUT2D eigenvalue weighted by Gasteiger charge is -2.06. The van der Waals surface area contributed by atoms with E-state index < -0.39 is 0 Å². The zero-order valence-electron chi connectivity index (χ0n) is 7.92. The second kappa shape index (κ2) is 4.09. The number of aromatic amines is 1.